The fourth-order valence-electron chi connectivity index (χ4n) is 2.46. The fourth-order valence-corrected chi connectivity index (χ4v) is 2.46. The molecule has 1 N–H and O–H groups in total. The number of hydrogen-bond donors (Lipinski definition) is 1. The molecule has 1 atom stereocenters. The summed E-state index contributed by atoms with van der Waals surface area (Å²) in [5.74, 6) is 1.06. The zero-order valence-electron chi connectivity index (χ0n) is 10.8. The average Bonchev–Trinajstić information content (AvgIpc) is 2.56. The Morgan fingerprint density at radius 2 is 1.88 bits per heavy atom. The lowest BCUT2D eigenvalue weighted by atomic mass is 10.1. The van der Waals surface area contributed by atoms with Crippen LogP contribution in [0.2, 0.25) is 0 Å². The van der Waals surface area contributed by atoms with Gasteiger partial charge < -0.3 is 10.0 Å². The molecule has 1 fully saturated rings. The first kappa shape index (κ1) is 12.4. The Balaban J connectivity index is 2.18. The van der Waals surface area contributed by atoms with E-state index >= 15 is 0 Å². The van der Waals surface area contributed by atoms with Crippen LogP contribution in [0.5, 0.6) is 0 Å². The van der Waals surface area contributed by atoms with Gasteiger partial charge in [0.15, 0.2) is 0 Å². The monoisotopic (exact) mass is 234 g/mol. The molecule has 3 nitrogen and oxygen atoms in total. The fraction of sp³-hybridized carbons (Fsp3) is 0.643. The number of aliphatic hydroxyl groups excluding tert-OH is 1. The summed E-state index contributed by atoms with van der Waals surface area (Å²) in [4.78, 5) is 6.86. The summed E-state index contributed by atoms with van der Waals surface area (Å²) in [7, 11) is 0. The van der Waals surface area contributed by atoms with E-state index in [-0.39, 0.29) is 0 Å². The van der Waals surface area contributed by atoms with Crippen molar-refractivity contribution in [1.29, 1.82) is 0 Å². The Bertz CT molecular complexity index is 368. The van der Waals surface area contributed by atoms with Gasteiger partial charge in [0.25, 0.3) is 0 Å². The zero-order chi connectivity index (χ0) is 12.3. The highest BCUT2D eigenvalue weighted by atomic mass is 16.3. The maximum absolute atomic E-state index is 9.60. The first-order valence-corrected chi connectivity index (χ1v) is 6.58. The van der Waals surface area contributed by atoms with Crippen LogP contribution in [0.25, 0.3) is 0 Å². The quantitative estimate of drug-likeness (QED) is 0.854. The van der Waals surface area contributed by atoms with Gasteiger partial charge in [-0.3, -0.25) is 0 Å². The number of pyridine rings is 1. The maximum atomic E-state index is 9.60. The van der Waals surface area contributed by atoms with E-state index in [1.807, 2.05) is 13.1 Å². The summed E-state index contributed by atoms with van der Waals surface area (Å²) >= 11 is 0. The van der Waals surface area contributed by atoms with Gasteiger partial charge in [-0.05, 0) is 38.3 Å². The van der Waals surface area contributed by atoms with E-state index in [0.717, 1.165) is 30.0 Å². The van der Waals surface area contributed by atoms with Crippen LogP contribution in [0.3, 0.4) is 0 Å². The molecule has 0 bridgehead atoms. The summed E-state index contributed by atoms with van der Waals surface area (Å²) in [5, 5.41) is 9.60. The van der Waals surface area contributed by atoms with E-state index in [0.29, 0.717) is 0 Å². The summed E-state index contributed by atoms with van der Waals surface area (Å²) in [6.45, 7) is 6.06. The smallest absolute Gasteiger partial charge is 0.128 e. The largest absolute Gasteiger partial charge is 0.389 e. The Kier molecular flexibility index (Phi) is 4.00. The molecular weight excluding hydrogens is 212 g/mol. The minimum Gasteiger partial charge on any atom is -0.389 e. The molecule has 3 heteroatoms. The molecule has 0 unspecified atom stereocenters. The third-order valence-electron chi connectivity index (χ3n) is 3.52. The van der Waals surface area contributed by atoms with Crippen LogP contribution in [-0.2, 0) is 0 Å². The Hall–Kier alpha value is -1.09. The lowest BCUT2D eigenvalue weighted by Crippen LogP contribution is -2.25. The second-order valence-corrected chi connectivity index (χ2v) is 4.98. The van der Waals surface area contributed by atoms with Gasteiger partial charge in [-0.1, -0.05) is 12.8 Å². The molecule has 0 aliphatic carbocycles. The van der Waals surface area contributed by atoms with E-state index in [4.69, 9.17) is 0 Å². The number of aromatic nitrogens is 1. The van der Waals surface area contributed by atoms with Crippen molar-refractivity contribution in [1.82, 2.24) is 4.98 Å². The predicted molar refractivity (Wildman–Crippen MR) is 70.3 cm³/mol. The third-order valence-corrected chi connectivity index (χ3v) is 3.52. The van der Waals surface area contributed by atoms with Crippen molar-refractivity contribution < 1.29 is 5.11 Å². The first-order chi connectivity index (χ1) is 8.18. The van der Waals surface area contributed by atoms with Crippen LogP contribution in [0.15, 0.2) is 12.3 Å². The van der Waals surface area contributed by atoms with Gasteiger partial charge in [-0.15, -0.1) is 0 Å². The molecule has 0 amide bonds. The standard InChI is InChI=1S/C14H22N2O/c1-11-9-14(15-10-13(11)12(2)17)16-7-5-3-4-6-8-16/h9-10,12,17H,3-8H2,1-2H3/t12-/m1/s1. The van der Waals surface area contributed by atoms with Crippen molar-refractivity contribution in [3.63, 3.8) is 0 Å². The third kappa shape index (κ3) is 2.97. The average molecular weight is 234 g/mol. The van der Waals surface area contributed by atoms with Gasteiger partial charge in [0.05, 0.1) is 6.10 Å². The minimum absolute atomic E-state index is 0.430. The van der Waals surface area contributed by atoms with Crippen molar-refractivity contribution in [3.05, 3.63) is 23.4 Å². The molecular formula is C14H22N2O. The van der Waals surface area contributed by atoms with Crippen LogP contribution < -0.4 is 4.90 Å². The summed E-state index contributed by atoms with van der Waals surface area (Å²) < 4.78 is 0. The van der Waals surface area contributed by atoms with E-state index in [2.05, 4.69) is 16.0 Å². The van der Waals surface area contributed by atoms with E-state index in [9.17, 15) is 5.11 Å². The molecule has 1 saturated heterocycles. The van der Waals surface area contributed by atoms with Gasteiger partial charge in [-0.25, -0.2) is 4.98 Å². The number of nitrogens with zero attached hydrogens (tertiary/aromatic N) is 2. The lowest BCUT2D eigenvalue weighted by Gasteiger charge is -2.22. The highest BCUT2D eigenvalue weighted by Gasteiger charge is 2.13. The van der Waals surface area contributed by atoms with E-state index in [1.165, 1.54) is 25.7 Å². The topological polar surface area (TPSA) is 36.4 Å². The first-order valence-electron chi connectivity index (χ1n) is 6.58. The Labute approximate surface area is 103 Å². The molecule has 0 saturated carbocycles. The molecule has 17 heavy (non-hydrogen) atoms. The molecule has 94 valence electrons. The molecule has 0 spiro atoms. The molecule has 1 aromatic rings. The highest BCUT2D eigenvalue weighted by Crippen LogP contribution is 2.22. The van der Waals surface area contributed by atoms with Crippen LogP contribution >= 0.6 is 0 Å². The predicted octanol–water partition coefficient (Wildman–Crippen LogP) is 2.82. The van der Waals surface area contributed by atoms with Crippen LogP contribution in [0.4, 0.5) is 5.82 Å². The van der Waals surface area contributed by atoms with E-state index < -0.39 is 6.10 Å². The van der Waals surface area contributed by atoms with Crippen molar-refractivity contribution in [2.75, 3.05) is 18.0 Å². The van der Waals surface area contributed by atoms with Gasteiger partial charge in [0.2, 0.25) is 0 Å². The van der Waals surface area contributed by atoms with Crippen molar-refractivity contribution in [2.24, 2.45) is 0 Å². The Morgan fingerprint density at radius 1 is 1.24 bits per heavy atom. The minimum atomic E-state index is -0.430. The lowest BCUT2D eigenvalue weighted by molar-refractivity contribution is 0.198. The second-order valence-electron chi connectivity index (χ2n) is 4.98. The van der Waals surface area contributed by atoms with Crippen LogP contribution in [-0.4, -0.2) is 23.2 Å². The number of aryl methyl sites for hydroxylation is 1. The number of anilines is 1. The molecule has 0 radical (unpaired) electrons. The van der Waals surface area contributed by atoms with Gasteiger partial charge >= 0.3 is 0 Å². The van der Waals surface area contributed by atoms with Gasteiger partial charge in [-0.2, -0.15) is 0 Å². The van der Waals surface area contributed by atoms with Gasteiger partial charge in [0, 0.05) is 24.8 Å². The SMILES string of the molecule is Cc1cc(N2CCCCCC2)ncc1[C@@H](C)O. The number of rotatable bonds is 2. The zero-order valence-corrected chi connectivity index (χ0v) is 10.8. The second kappa shape index (κ2) is 5.50. The molecule has 1 aromatic heterocycles. The van der Waals surface area contributed by atoms with Gasteiger partial charge in [0.1, 0.15) is 5.82 Å². The number of aliphatic hydroxyl groups is 1. The molecule has 0 aromatic carbocycles. The molecule has 2 rings (SSSR count). The molecule has 1 aliphatic rings. The summed E-state index contributed by atoms with van der Waals surface area (Å²) in [5.41, 5.74) is 2.07. The van der Waals surface area contributed by atoms with Crippen molar-refractivity contribution >= 4 is 5.82 Å². The van der Waals surface area contributed by atoms with Crippen molar-refractivity contribution in [3.8, 4) is 0 Å². The Morgan fingerprint density at radius 3 is 2.41 bits per heavy atom. The van der Waals surface area contributed by atoms with Crippen LogP contribution in [0, 0.1) is 6.92 Å². The number of hydrogen-bond acceptors (Lipinski definition) is 3. The maximum Gasteiger partial charge on any atom is 0.128 e. The summed E-state index contributed by atoms with van der Waals surface area (Å²) in [6, 6.07) is 2.10. The van der Waals surface area contributed by atoms with Crippen molar-refractivity contribution in [2.45, 2.75) is 45.6 Å². The summed E-state index contributed by atoms with van der Waals surface area (Å²) in [6.07, 6.45) is 6.58. The van der Waals surface area contributed by atoms with E-state index in [1.54, 1.807) is 6.92 Å². The highest BCUT2D eigenvalue weighted by molar-refractivity contribution is 5.43. The normalized spacial score (nSPS) is 18.9. The van der Waals surface area contributed by atoms with Crippen LogP contribution in [0.1, 0.15) is 49.8 Å². The molecule has 2 heterocycles. The molecule has 1 aliphatic heterocycles.